The zero-order valence-electron chi connectivity index (χ0n) is 20.5. The van der Waals surface area contributed by atoms with E-state index in [1.807, 2.05) is 37.7 Å². The van der Waals surface area contributed by atoms with Gasteiger partial charge in [-0.15, -0.1) is 16.9 Å². The van der Waals surface area contributed by atoms with Crippen LogP contribution in [-0.2, 0) is 11.3 Å². The third-order valence-corrected chi connectivity index (χ3v) is 7.34. The highest BCUT2D eigenvalue weighted by Crippen LogP contribution is 2.26. The highest BCUT2D eigenvalue weighted by atomic mass is 32.2. The largest absolute Gasteiger partial charge is 0.353 e. The van der Waals surface area contributed by atoms with Crippen molar-refractivity contribution in [1.82, 2.24) is 30.0 Å². The lowest BCUT2D eigenvalue weighted by Crippen LogP contribution is -2.57. The average molecular weight is 506 g/mol. The average Bonchev–Trinajstić information content (AvgIpc) is 3.34. The van der Waals surface area contributed by atoms with Crippen LogP contribution in [-0.4, -0.2) is 69.5 Å². The summed E-state index contributed by atoms with van der Waals surface area (Å²) in [5.74, 6) is 0.413. The number of hydrogen-bond acceptors (Lipinski definition) is 7. The number of fused-ring (bicyclic) bond motifs is 1. The Hall–Kier alpha value is -3.50. The molecule has 2 aromatic heterocycles. The van der Waals surface area contributed by atoms with E-state index >= 15 is 0 Å². The SMILES string of the molecule is CSc1ccc(CNC(=O)[C@H]2CN(c3ncnc4nn(-c5ccc(C)c(F)c5)cc34)CCN2C)cc1. The number of aromatic nitrogens is 4. The lowest BCUT2D eigenvalue weighted by molar-refractivity contribution is -0.126. The number of carbonyl (C=O) groups excluding carboxylic acids is 1. The Balaban J connectivity index is 1.34. The first-order valence-corrected chi connectivity index (χ1v) is 13.0. The minimum absolute atomic E-state index is 0.0210. The predicted octanol–water partition coefficient (Wildman–Crippen LogP) is 3.42. The lowest BCUT2D eigenvalue weighted by Gasteiger charge is -2.39. The van der Waals surface area contributed by atoms with E-state index in [0.29, 0.717) is 43.1 Å². The summed E-state index contributed by atoms with van der Waals surface area (Å²) in [6.45, 7) is 4.12. The van der Waals surface area contributed by atoms with Crippen LogP contribution in [0.1, 0.15) is 11.1 Å². The lowest BCUT2D eigenvalue weighted by atomic mass is 10.1. The van der Waals surface area contributed by atoms with Crippen molar-refractivity contribution in [2.24, 2.45) is 0 Å². The van der Waals surface area contributed by atoms with Crippen LogP contribution in [0, 0.1) is 12.7 Å². The second-order valence-corrected chi connectivity index (χ2v) is 9.83. The summed E-state index contributed by atoms with van der Waals surface area (Å²) in [7, 11) is 1.97. The summed E-state index contributed by atoms with van der Waals surface area (Å²) in [6.07, 6.45) is 5.34. The number of nitrogens with zero attached hydrogens (tertiary/aromatic N) is 6. The molecule has 186 valence electrons. The Morgan fingerprint density at radius 1 is 1.17 bits per heavy atom. The van der Waals surface area contributed by atoms with Crippen LogP contribution in [0.5, 0.6) is 0 Å². The number of nitrogens with one attached hydrogen (secondary N) is 1. The number of benzene rings is 2. The number of likely N-dealkylation sites (N-methyl/N-ethyl adjacent to an activating group) is 1. The molecule has 0 saturated carbocycles. The first-order valence-electron chi connectivity index (χ1n) is 11.8. The Morgan fingerprint density at radius 3 is 2.72 bits per heavy atom. The molecular formula is C26H28FN7OS. The number of anilines is 1. The molecule has 0 spiro atoms. The van der Waals surface area contributed by atoms with Gasteiger partial charge in [-0.3, -0.25) is 9.69 Å². The summed E-state index contributed by atoms with van der Waals surface area (Å²) in [6, 6.07) is 12.9. The number of halogens is 1. The number of carbonyl (C=O) groups is 1. The topological polar surface area (TPSA) is 79.2 Å². The van der Waals surface area contributed by atoms with Crippen LogP contribution in [0.4, 0.5) is 10.2 Å². The van der Waals surface area contributed by atoms with Gasteiger partial charge in [0, 0.05) is 37.3 Å². The summed E-state index contributed by atoms with van der Waals surface area (Å²) in [5, 5.41) is 8.38. The van der Waals surface area contributed by atoms with E-state index < -0.39 is 0 Å². The van der Waals surface area contributed by atoms with Crippen LogP contribution in [0.2, 0.25) is 0 Å². The van der Waals surface area contributed by atoms with Gasteiger partial charge in [0.2, 0.25) is 5.91 Å². The number of thioether (sulfide) groups is 1. The van der Waals surface area contributed by atoms with E-state index in [2.05, 4.69) is 42.3 Å². The van der Waals surface area contributed by atoms with Gasteiger partial charge in [0.1, 0.15) is 24.0 Å². The first kappa shape index (κ1) is 24.2. The Bertz CT molecular complexity index is 1390. The number of rotatable bonds is 6. The molecule has 1 N–H and O–H groups in total. The van der Waals surface area contributed by atoms with Crippen molar-refractivity contribution >= 4 is 34.5 Å². The van der Waals surface area contributed by atoms with E-state index in [9.17, 15) is 9.18 Å². The van der Waals surface area contributed by atoms with Gasteiger partial charge in [0.05, 0.1) is 11.1 Å². The normalized spacial score (nSPS) is 16.4. The molecule has 1 atom stereocenters. The predicted molar refractivity (Wildman–Crippen MR) is 140 cm³/mol. The molecule has 1 fully saturated rings. The van der Waals surface area contributed by atoms with Crippen molar-refractivity contribution in [2.75, 3.05) is 37.8 Å². The zero-order valence-corrected chi connectivity index (χ0v) is 21.3. The molecule has 0 unspecified atom stereocenters. The highest BCUT2D eigenvalue weighted by Gasteiger charge is 2.31. The van der Waals surface area contributed by atoms with Crippen molar-refractivity contribution in [3.8, 4) is 5.69 Å². The standard InChI is InChI=1S/C26H28FN7OS/c1-17-4-7-19(12-22(17)27)34-14-21-24(31-34)29-16-30-25(21)33-11-10-32(2)23(15-33)26(35)28-13-18-5-8-20(36-3)9-6-18/h4-9,12,14,16,23H,10-11,13,15H2,1-3H3,(H,28,35)/t23-/m1/s1. The van der Waals surface area contributed by atoms with Crippen LogP contribution >= 0.6 is 11.8 Å². The molecule has 8 nitrogen and oxygen atoms in total. The molecule has 5 rings (SSSR count). The number of hydrogen-bond donors (Lipinski definition) is 1. The maximum absolute atomic E-state index is 14.1. The minimum Gasteiger partial charge on any atom is -0.353 e. The molecule has 3 heterocycles. The van der Waals surface area contributed by atoms with Crippen LogP contribution in [0.3, 0.4) is 0 Å². The molecule has 1 saturated heterocycles. The number of amides is 1. The van der Waals surface area contributed by atoms with Crippen molar-refractivity contribution in [2.45, 2.75) is 24.4 Å². The molecule has 1 amide bonds. The maximum atomic E-state index is 14.1. The van der Waals surface area contributed by atoms with E-state index in [4.69, 9.17) is 0 Å². The Kier molecular flexibility index (Phi) is 6.88. The molecule has 0 aliphatic carbocycles. The summed E-state index contributed by atoms with van der Waals surface area (Å²) in [5.41, 5.74) is 2.78. The van der Waals surface area contributed by atoms with Crippen molar-refractivity contribution in [1.29, 1.82) is 0 Å². The highest BCUT2D eigenvalue weighted by molar-refractivity contribution is 7.98. The third kappa shape index (κ3) is 4.91. The van der Waals surface area contributed by atoms with Crippen LogP contribution in [0.15, 0.2) is 59.9 Å². The van der Waals surface area contributed by atoms with Gasteiger partial charge >= 0.3 is 0 Å². The van der Waals surface area contributed by atoms with Crippen LogP contribution in [0.25, 0.3) is 16.7 Å². The third-order valence-electron chi connectivity index (χ3n) is 6.59. The maximum Gasteiger partial charge on any atom is 0.239 e. The van der Waals surface area contributed by atoms with Crippen molar-refractivity contribution < 1.29 is 9.18 Å². The molecule has 4 aromatic rings. The zero-order chi connectivity index (χ0) is 25.2. The van der Waals surface area contributed by atoms with Crippen LogP contribution < -0.4 is 10.2 Å². The molecule has 36 heavy (non-hydrogen) atoms. The molecule has 1 aliphatic heterocycles. The van der Waals surface area contributed by atoms with E-state index in [1.165, 1.54) is 17.3 Å². The smallest absolute Gasteiger partial charge is 0.239 e. The van der Waals surface area contributed by atoms with Gasteiger partial charge in [-0.25, -0.2) is 19.0 Å². The summed E-state index contributed by atoms with van der Waals surface area (Å²) < 4.78 is 15.7. The van der Waals surface area contributed by atoms with E-state index in [0.717, 1.165) is 16.8 Å². The van der Waals surface area contributed by atoms with Gasteiger partial charge in [0.15, 0.2) is 5.65 Å². The molecule has 0 radical (unpaired) electrons. The quantitative estimate of drug-likeness (QED) is 0.402. The number of piperazine rings is 1. The summed E-state index contributed by atoms with van der Waals surface area (Å²) >= 11 is 1.69. The fraction of sp³-hybridized carbons (Fsp3) is 0.308. The Labute approximate surface area is 213 Å². The van der Waals surface area contributed by atoms with Gasteiger partial charge in [-0.05, 0) is 55.6 Å². The Morgan fingerprint density at radius 2 is 1.97 bits per heavy atom. The fourth-order valence-corrected chi connectivity index (χ4v) is 4.74. The van der Waals surface area contributed by atoms with Gasteiger partial charge in [-0.2, -0.15) is 0 Å². The molecule has 0 bridgehead atoms. The first-order chi connectivity index (χ1) is 17.4. The molecule has 1 aliphatic rings. The van der Waals surface area contributed by atoms with Crippen molar-refractivity contribution in [3.05, 3.63) is 71.9 Å². The summed E-state index contributed by atoms with van der Waals surface area (Å²) in [4.78, 5) is 27.3. The van der Waals surface area contributed by atoms with Gasteiger partial charge in [-0.1, -0.05) is 18.2 Å². The molecule has 2 aromatic carbocycles. The van der Waals surface area contributed by atoms with E-state index in [1.54, 1.807) is 29.4 Å². The molecular weight excluding hydrogens is 477 g/mol. The van der Waals surface area contributed by atoms with Gasteiger partial charge in [0.25, 0.3) is 0 Å². The number of aryl methyl sites for hydroxylation is 1. The van der Waals surface area contributed by atoms with Gasteiger partial charge < -0.3 is 10.2 Å². The monoisotopic (exact) mass is 505 g/mol. The van der Waals surface area contributed by atoms with Crippen molar-refractivity contribution in [3.63, 3.8) is 0 Å². The minimum atomic E-state index is -0.324. The van der Waals surface area contributed by atoms with E-state index in [-0.39, 0.29) is 17.8 Å². The molecule has 10 heteroatoms. The second kappa shape index (κ2) is 10.2. The second-order valence-electron chi connectivity index (χ2n) is 8.95. The fourth-order valence-electron chi connectivity index (χ4n) is 4.33.